The van der Waals surface area contributed by atoms with Crippen molar-refractivity contribution in [3.63, 3.8) is 0 Å². The van der Waals surface area contributed by atoms with Crippen LogP contribution in [0.5, 0.6) is 0 Å². The molecule has 106 valence electrons. The van der Waals surface area contributed by atoms with Gasteiger partial charge in [-0.3, -0.25) is 4.79 Å². The van der Waals surface area contributed by atoms with E-state index in [-0.39, 0.29) is 18.6 Å². The molecule has 0 saturated heterocycles. The molecule has 0 fully saturated rings. The first-order valence-electron chi connectivity index (χ1n) is 6.57. The predicted molar refractivity (Wildman–Crippen MR) is 82.0 cm³/mol. The van der Waals surface area contributed by atoms with Crippen LogP contribution >= 0.6 is 11.3 Å². The summed E-state index contributed by atoms with van der Waals surface area (Å²) in [5.41, 5.74) is 2.43. The monoisotopic (exact) mass is 289 g/mol. The van der Waals surface area contributed by atoms with Crippen LogP contribution in [0.25, 0.3) is 0 Å². The zero-order valence-electron chi connectivity index (χ0n) is 11.8. The minimum atomic E-state index is -0.0822. The van der Waals surface area contributed by atoms with Crippen molar-refractivity contribution in [3.8, 4) is 0 Å². The number of rotatable bonds is 6. The summed E-state index contributed by atoms with van der Waals surface area (Å²) >= 11 is 1.68. The van der Waals surface area contributed by atoms with Crippen LogP contribution in [0.2, 0.25) is 0 Å². The Kier molecular flexibility index (Phi) is 5.32. The molecule has 1 atom stereocenters. The van der Waals surface area contributed by atoms with Gasteiger partial charge in [-0.25, -0.2) is 0 Å². The highest BCUT2D eigenvalue weighted by Gasteiger charge is 2.18. The summed E-state index contributed by atoms with van der Waals surface area (Å²) in [6.07, 6.45) is 0.789. The molecule has 0 aliphatic rings. The summed E-state index contributed by atoms with van der Waals surface area (Å²) < 4.78 is 4.89. The van der Waals surface area contributed by atoms with Gasteiger partial charge in [0.05, 0.1) is 6.04 Å². The van der Waals surface area contributed by atoms with Gasteiger partial charge >= 0.3 is 0 Å². The fourth-order valence-corrected chi connectivity index (χ4v) is 3.15. The quantitative estimate of drug-likeness (QED) is 0.887. The highest BCUT2D eigenvalue weighted by Crippen LogP contribution is 2.26. The molecule has 2 rings (SSSR count). The van der Waals surface area contributed by atoms with Gasteiger partial charge in [0, 0.05) is 12.0 Å². The average Bonchev–Trinajstić information content (AvgIpc) is 2.86. The number of nitrogens with one attached hydrogen (secondary N) is 1. The van der Waals surface area contributed by atoms with E-state index in [1.165, 1.54) is 23.1 Å². The average molecular weight is 289 g/mol. The van der Waals surface area contributed by atoms with Crippen molar-refractivity contribution in [2.75, 3.05) is 13.7 Å². The molecular weight excluding hydrogens is 270 g/mol. The van der Waals surface area contributed by atoms with Crippen LogP contribution in [-0.4, -0.2) is 19.6 Å². The Morgan fingerprint density at radius 1 is 1.30 bits per heavy atom. The second kappa shape index (κ2) is 7.22. The lowest BCUT2D eigenvalue weighted by atomic mass is 10.0. The van der Waals surface area contributed by atoms with Crippen molar-refractivity contribution in [2.24, 2.45) is 0 Å². The molecule has 1 heterocycles. The lowest BCUT2D eigenvalue weighted by Crippen LogP contribution is -2.32. The van der Waals surface area contributed by atoms with Crippen molar-refractivity contribution in [1.82, 2.24) is 5.32 Å². The summed E-state index contributed by atoms with van der Waals surface area (Å²) in [5.74, 6) is -0.0822. The van der Waals surface area contributed by atoms with Gasteiger partial charge in [-0.2, -0.15) is 0 Å². The van der Waals surface area contributed by atoms with E-state index >= 15 is 0 Å². The number of amides is 1. The third kappa shape index (κ3) is 3.92. The molecule has 1 aromatic carbocycles. The molecule has 0 spiro atoms. The second-order valence-electron chi connectivity index (χ2n) is 4.71. The van der Waals surface area contributed by atoms with E-state index in [4.69, 9.17) is 4.74 Å². The lowest BCUT2D eigenvalue weighted by molar-refractivity contribution is -0.125. The summed E-state index contributed by atoms with van der Waals surface area (Å²) in [4.78, 5) is 13.0. The Labute approximate surface area is 123 Å². The standard InChI is InChI=1S/C16H19NO2S/c1-12-8-9-20-16(12)14(17-15(18)11-19-2)10-13-6-4-3-5-7-13/h3-9,14H,10-11H2,1-2H3,(H,17,18)/t14-/m1/s1. The Balaban J connectivity index is 2.16. The van der Waals surface area contributed by atoms with Crippen LogP contribution in [0.3, 0.4) is 0 Å². The van der Waals surface area contributed by atoms with Crippen LogP contribution in [0, 0.1) is 6.92 Å². The van der Waals surface area contributed by atoms with Crippen LogP contribution < -0.4 is 5.32 Å². The van der Waals surface area contributed by atoms with Crippen LogP contribution in [0.1, 0.15) is 22.0 Å². The number of aryl methyl sites for hydroxylation is 1. The maximum absolute atomic E-state index is 11.8. The van der Waals surface area contributed by atoms with Gasteiger partial charge in [0.1, 0.15) is 6.61 Å². The summed E-state index contributed by atoms with van der Waals surface area (Å²) in [7, 11) is 1.53. The van der Waals surface area contributed by atoms with E-state index in [9.17, 15) is 4.79 Å². The van der Waals surface area contributed by atoms with Gasteiger partial charge < -0.3 is 10.1 Å². The van der Waals surface area contributed by atoms with E-state index in [1.807, 2.05) is 18.2 Å². The number of benzene rings is 1. The molecule has 0 saturated carbocycles. The highest BCUT2D eigenvalue weighted by molar-refractivity contribution is 7.10. The lowest BCUT2D eigenvalue weighted by Gasteiger charge is -2.18. The van der Waals surface area contributed by atoms with Gasteiger partial charge in [-0.1, -0.05) is 30.3 Å². The molecule has 0 radical (unpaired) electrons. The number of ether oxygens (including phenoxy) is 1. The highest BCUT2D eigenvalue weighted by atomic mass is 32.1. The van der Waals surface area contributed by atoms with Crippen molar-refractivity contribution >= 4 is 17.2 Å². The van der Waals surface area contributed by atoms with Crippen LogP contribution in [0.15, 0.2) is 41.8 Å². The number of methoxy groups -OCH3 is 1. The molecule has 1 N–H and O–H groups in total. The first-order valence-corrected chi connectivity index (χ1v) is 7.45. The maximum atomic E-state index is 11.8. The molecular formula is C16H19NO2S. The minimum Gasteiger partial charge on any atom is -0.375 e. The molecule has 3 nitrogen and oxygen atoms in total. The summed E-state index contributed by atoms with van der Waals surface area (Å²) in [6, 6.07) is 12.3. The molecule has 0 unspecified atom stereocenters. The van der Waals surface area contributed by atoms with Gasteiger partial charge in [0.2, 0.25) is 5.91 Å². The Hall–Kier alpha value is -1.65. The van der Waals surface area contributed by atoms with Crippen molar-refractivity contribution in [1.29, 1.82) is 0 Å². The minimum absolute atomic E-state index is 0.0000463. The van der Waals surface area contributed by atoms with Gasteiger partial charge in [-0.15, -0.1) is 11.3 Å². The largest absolute Gasteiger partial charge is 0.375 e. The topological polar surface area (TPSA) is 38.3 Å². The molecule has 1 aromatic heterocycles. The number of hydrogen-bond donors (Lipinski definition) is 1. The van der Waals surface area contributed by atoms with Crippen LogP contribution in [-0.2, 0) is 16.0 Å². The molecule has 0 aliphatic heterocycles. The van der Waals surface area contributed by atoms with Crippen molar-refractivity contribution in [3.05, 3.63) is 57.8 Å². The zero-order chi connectivity index (χ0) is 14.4. The molecule has 4 heteroatoms. The van der Waals surface area contributed by atoms with Gasteiger partial charge in [0.15, 0.2) is 0 Å². The number of carbonyl (C=O) groups excluding carboxylic acids is 1. The summed E-state index contributed by atoms with van der Waals surface area (Å²) in [5, 5.41) is 5.12. The third-order valence-corrected chi connectivity index (χ3v) is 4.24. The van der Waals surface area contributed by atoms with Gasteiger partial charge in [-0.05, 0) is 35.9 Å². The number of hydrogen-bond acceptors (Lipinski definition) is 3. The first kappa shape index (κ1) is 14.8. The number of thiophene rings is 1. The molecule has 0 bridgehead atoms. The van der Waals surface area contributed by atoms with E-state index in [2.05, 4.69) is 35.8 Å². The Morgan fingerprint density at radius 3 is 2.65 bits per heavy atom. The predicted octanol–water partition coefficient (Wildman–Crippen LogP) is 3.10. The Bertz CT molecular complexity index is 551. The summed E-state index contributed by atoms with van der Waals surface area (Å²) in [6.45, 7) is 2.17. The molecule has 0 aliphatic carbocycles. The fraction of sp³-hybridized carbons (Fsp3) is 0.312. The van der Waals surface area contributed by atoms with Crippen LogP contribution in [0.4, 0.5) is 0 Å². The van der Waals surface area contributed by atoms with E-state index in [1.54, 1.807) is 11.3 Å². The van der Waals surface area contributed by atoms with E-state index < -0.39 is 0 Å². The fourth-order valence-electron chi connectivity index (χ4n) is 2.17. The number of carbonyl (C=O) groups is 1. The first-order chi connectivity index (χ1) is 9.70. The Morgan fingerprint density at radius 2 is 2.05 bits per heavy atom. The zero-order valence-corrected chi connectivity index (χ0v) is 12.6. The molecule has 2 aromatic rings. The molecule has 1 amide bonds. The second-order valence-corrected chi connectivity index (χ2v) is 5.66. The smallest absolute Gasteiger partial charge is 0.246 e. The van der Waals surface area contributed by atoms with Gasteiger partial charge in [0.25, 0.3) is 0 Å². The maximum Gasteiger partial charge on any atom is 0.246 e. The normalized spacial score (nSPS) is 12.1. The van der Waals surface area contributed by atoms with Crippen molar-refractivity contribution in [2.45, 2.75) is 19.4 Å². The molecule has 20 heavy (non-hydrogen) atoms. The van der Waals surface area contributed by atoms with E-state index in [0.29, 0.717) is 0 Å². The van der Waals surface area contributed by atoms with Crippen molar-refractivity contribution < 1.29 is 9.53 Å². The third-order valence-electron chi connectivity index (χ3n) is 3.11. The van der Waals surface area contributed by atoms with E-state index in [0.717, 1.165) is 6.42 Å². The SMILES string of the molecule is COCC(=O)N[C@H](Cc1ccccc1)c1sccc1C.